The summed E-state index contributed by atoms with van der Waals surface area (Å²) >= 11 is 0. The van der Waals surface area contributed by atoms with Gasteiger partial charge in [0.05, 0.1) is 16.8 Å². The molecule has 0 fully saturated rings. The second-order valence-electron chi connectivity index (χ2n) is 8.57. The summed E-state index contributed by atoms with van der Waals surface area (Å²) in [5.74, 6) is -1.80. The van der Waals surface area contributed by atoms with Crippen molar-refractivity contribution in [2.24, 2.45) is 0 Å². The highest BCUT2D eigenvalue weighted by Crippen LogP contribution is 2.23. The lowest BCUT2D eigenvalue weighted by atomic mass is 9.87. The first-order valence-corrected chi connectivity index (χ1v) is 12.0. The third-order valence-corrected chi connectivity index (χ3v) is 6.40. The zero-order valence-electron chi connectivity index (χ0n) is 19.1. The summed E-state index contributed by atoms with van der Waals surface area (Å²) in [4.78, 5) is 24.4. The van der Waals surface area contributed by atoms with Crippen LogP contribution in [0.5, 0.6) is 5.75 Å². The molecule has 3 rings (SSSR count). The maximum absolute atomic E-state index is 12.4. The third-order valence-electron chi connectivity index (χ3n) is 4.92. The van der Waals surface area contributed by atoms with Gasteiger partial charge >= 0.3 is 0 Å². The van der Waals surface area contributed by atoms with Gasteiger partial charge in [-0.25, -0.2) is 17.8 Å². The van der Waals surface area contributed by atoms with Crippen LogP contribution in [0.2, 0.25) is 0 Å². The highest BCUT2D eigenvalue weighted by atomic mass is 32.2. The van der Waals surface area contributed by atoms with Crippen molar-refractivity contribution < 1.29 is 23.1 Å². The van der Waals surface area contributed by atoms with E-state index in [1.54, 1.807) is 36.4 Å². The average Bonchev–Trinajstić information content (AvgIpc) is 3.19. The van der Waals surface area contributed by atoms with E-state index < -0.39 is 21.8 Å². The number of hydrogen-bond donors (Lipinski definition) is 4. The Bertz CT molecular complexity index is 1260. The van der Waals surface area contributed by atoms with Crippen LogP contribution in [-0.2, 0) is 20.2 Å². The van der Waals surface area contributed by atoms with Gasteiger partial charge < -0.3 is 5.11 Å². The first kappa shape index (κ1) is 24.9. The van der Waals surface area contributed by atoms with E-state index in [0.29, 0.717) is 5.69 Å². The van der Waals surface area contributed by atoms with Gasteiger partial charge in [-0.15, -0.1) is 0 Å². The number of hydrazine groups is 1. The molecule has 0 atom stereocenters. The van der Waals surface area contributed by atoms with Crippen LogP contribution in [0.1, 0.15) is 43.2 Å². The van der Waals surface area contributed by atoms with Crippen molar-refractivity contribution in [2.75, 3.05) is 6.54 Å². The van der Waals surface area contributed by atoms with Crippen LogP contribution in [0.25, 0.3) is 5.69 Å². The molecule has 0 saturated carbocycles. The molecule has 0 unspecified atom stereocenters. The Kier molecular flexibility index (Phi) is 7.38. The van der Waals surface area contributed by atoms with E-state index in [1.807, 2.05) is 26.8 Å². The Morgan fingerprint density at radius 1 is 1.00 bits per heavy atom. The number of nitrogens with one attached hydrogen (secondary N) is 3. The minimum absolute atomic E-state index is 0.0960. The SMILES string of the molecule is CC(C)(C)c1ccc(S(=O)(=O)NCCC(=O)NNC(=O)c2nn(-c3ccccc3)cc2O)cc1. The number of carbonyl (C=O) groups excluding carboxylic acids is 2. The molecule has 34 heavy (non-hydrogen) atoms. The van der Waals surface area contributed by atoms with Crippen molar-refractivity contribution in [3.05, 3.63) is 72.1 Å². The maximum atomic E-state index is 12.4. The van der Waals surface area contributed by atoms with Gasteiger partial charge in [-0.05, 0) is 35.2 Å². The molecule has 0 aliphatic carbocycles. The summed E-state index contributed by atoms with van der Waals surface area (Å²) < 4.78 is 28.5. The number of aromatic hydroxyl groups is 1. The number of rotatable bonds is 7. The first-order valence-electron chi connectivity index (χ1n) is 10.5. The van der Waals surface area contributed by atoms with Crippen molar-refractivity contribution in [2.45, 2.75) is 37.5 Å². The van der Waals surface area contributed by atoms with Gasteiger partial charge in [0, 0.05) is 13.0 Å². The van der Waals surface area contributed by atoms with E-state index in [4.69, 9.17) is 0 Å². The molecule has 0 aliphatic rings. The molecule has 2 aromatic carbocycles. The number of sulfonamides is 1. The molecule has 0 spiro atoms. The fourth-order valence-electron chi connectivity index (χ4n) is 3.00. The Hall–Kier alpha value is -3.70. The highest BCUT2D eigenvalue weighted by molar-refractivity contribution is 7.89. The van der Waals surface area contributed by atoms with Gasteiger partial charge in [-0.1, -0.05) is 51.1 Å². The average molecular weight is 486 g/mol. The van der Waals surface area contributed by atoms with E-state index in [9.17, 15) is 23.1 Å². The van der Waals surface area contributed by atoms with Crippen molar-refractivity contribution >= 4 is 21.8 Å². The third kappa shape index (κ3) is 6.21. The number of benzene rings is 2. The van der Waals surface area contributed by atoms with Crippen molar-refractivity contribution in [1.29, 1.82) is 0 Å². The normalized spacial score (nSPS) is 11.7. The molecule has 11 heteroatoms. The first-order chi connectivity index (χ1) is 16.0. The van der Waals surface area contributed by atoms with Crippen LogP contribution in [0.3, 0.4) is 0 Å². The van der Waals surface area contributed by atoms with Crippen LogP contribution in [-0.4, -0.2) is 41.7 Å². The molecule has 1 aromatic heterocycles. The molecular weight excluding hydrogens is 458 g/mol. The fourth-order valence-corrected chi connectivity index (χ4v) is 4.04. The van der Waals surface area contributed by atoms with Gasteiger partial charge in [0.25, 0.3) is 5.91 Å². The van der Waals surface area contributed by atoms with Crippen molar-refractivity contribution in [3.8, 4) is 11.4 Å². The Morgan fingerprint density at radius 2 is 1.65 bits per heavy atom. The zero-order valence-corrected chi connectivity index (χ0v) is 19.9. The molecule has 180 valence electrons. The molecule has 3 aromatic rings. The summed E-state index contributed by atoms with van der Waals surface area (Å²) in [7, 11) is -3.78. The van der Waals surface area contributed by atoms with Gasteiger partial charge in [-0.2, -0.15) is 5.10 Å². The number of carbonyl (C=O) groups is 2. The van der Waals surface area contributed by atoms with E-state index >= 15 is 0 Å². The lowest BCUT2D eigenvalue weighted by Gasteiger charge is -2.19. The standard InChI is InChI=1S/C23H27N5O5S/c1-23(2,3)16-9-11-18(12-10-16)34(32,33)24-14-13-20(30)25-26-22(31)21-19(29)15-28(27-21)17-7-5-4-6-8-17/h4-12,15,24,29H,13-14H2,1-3H3,(H,25,30)(H,26,31). The molecule has 2 amide bonds. The summed E-state index contributed by atoms with van der Waals surface area (Å²) in [6, 6.07) is 15.4. The fraction of sp³-hybridized carbons (Fsp3) is 0.261. The number of aromatic nitrogens is 2. The van der Waals surface area contributed by atoms with E-state index in [1.165, 1.54) is 23.0 Å². The number of amides is 2. The Morgan fingerprint density at radius 3 is 2.26 bits per heavy atom. The van der Waals surface area contributed by atoms with E-state index in [2.05, 4.69) is 20.7 Å². The topological polar surface area (TPSA) is 142 Å². The van der Waals surface area contributed by atoms with E-state index in [0.717, 1.165) is 5.56 Å². The monoisotopic (exact) mass is 485 g/mol. The Balaban J connectivity index is 1.49. The molecule has 0 aliphatic heterocycles. The van der Waals surface area contributed by atoms with Gasteiger partial charge in [0.15, 0.2) is 11.4 Å². The molecular formula is C23H27N5O5S. The van der Waals surface area contributed by atoms with Crippen LogP contribution >= 0.6 is 0 Å². The van der Waals surface area contributed by atoms with Crippen LogP contribution < -0.4 is 15.6 Å². The summed E-state index contributed by atoms with van der Waals surface area (Å²) in [6.07, 6.45) is 1.05. The predicted molar refractivity (Wildman–Crippen MR) is 126 cm³/mol. The quantitative estimate of drug-likeness (QED) is 0.377. The lowest BCUT2D eigenvalue weighted by molar-refractivity contribution is -0.121. The minimum Gasteiger partial charge on any atom is -0.504 e. The van der Waals surface area contributed by atoms with Gasteiger partial charge in [-0.3, -0.25) is 20.4 Å². The zero-order chi connectivity index (χ0) is 24.9. The molecule has 0 radical (unpaired) electrons. The van der Waals surface area contributed by atoms with Crippen molar-refractivity contribution in [1.82, 2.24) is 25.4 Å². The largest absolute Gasteiger partial charge is 0.504 e. The summed E-state index contributed by atoms with van der Waals surface area (Å²) in [5, 5.41) is 14.0. The smallest absolute Gasteiger partial charge is 0.294 e. The maximum Gasteiger partial charge on any atom is 0.294 e. The summed E-state index contributed by atoms with van der Waals surface area (Å²) in [5.41, 5.74) is 5.59. The molecule has 1 heterocycles. The summed E-state index contributed by atoms with van der Waals surface area (Å²) in [6.45, 7) is 5.92. The van der Waals surface area contributed by atoms with Crippen LogP contribution in [0.4, 0.5) is 0 Å². The number of nitrogens with zero attached hydrogens (tertiary/aromatic N) is 2. The van der Waals surface area contributed by atoms with Gasteiger partial charge in [0.2, 0.25) is 15.9 Å². The second kappa shape index (κ2) is 10.1. The molecule has 0 saturated heterocycles. The Labute approximate surface area is 198 Å². The number of para-hydroxylation sites is 1. The van der Waals surface area contributed by atoms with E-state index in [-0.39, 0.29) is 34.7 Å². The van der Waals surface area contributed by atoms with Crippen LogP contribution in [0.15, 0.2) is 65.7 Å². The lowest BCUT2D eigenvalue weighted by Crippen LogP contribution is -2.43. The molecule has 4 N–H and O–H groups in total. The van der Waals surface area contributed by atoms with Crippen molar-refractivity contribution in [3.63, 3.8) is 0 Å². The van der Waals surface area contributed by atoms with Crippen LogP contribution in [0, 0.1) is 0 Å². The van der Waals surface area contributed by atoms with Gasteiger partial charge in [0.1, 0.15) is 0 Å². The predicted octanol–water partition coefficient (Wildman–Crippen LogP) is 2.00. The molecule has 0 bridgehead atoms. The second-order valence-corrected chi connectivity index (χ2v) is 10.3. The minimum atomic E-state index is -3.78. The number of hydrogen-bond acceptors (Lipinski definition) is 6. The molecule has 10 nitrogen and oxygen atoms in total. The highest BCUT2D eigenvalue weighted by Gasteiger charge is 2.19.